The van der Waals surface area contributed by atoms with Gasteiger partial charge in [0.05, 0.1) is 19.3 Å². The fourth-order valence-corrected chi connectivity index (χ4v) is 5.48. The van der Waals surface area contributed by atoms with Crippen LogP contribution in [0.2, 0.25) is 0 Å². The van der Waals surface area contributed by atoms with Gasteiger partial charge in [0.15, 0.2) is 5.41 Å². The molecule has 3 aliphatic rings. The molecule has 17 heavy (non-hydrogen) atoms. The number of fused-ring (bicyclic) bond motifs is 5. The van der Waals surface area contributed by atoms with Gasteiger partial charge in [-0.25, -0.2) is 0 Å². The molecule has 2 bridgehead atoms. The molecule has 2 saturated heterocycles. The zero-order valence-corrected chi connectivity index (χ0v) is 10.1. The van der Waals surface area contributed by atoms with E-state index in [4.69, 9.17) is 9.47 Å². The van der Waals surface area contributed by atoms with E-state index in [-0.39, 0.29) is 11.5 Å². The second kappa shape index (κ2) is 3.34. The van der Waals surface area contributed by atoms with Crippen molar-refractivity contribution < 1.29 is 23.6 Å². The van der Waals surface area contributed by atoms with Crippen LogP contribution in [-0.2, 0) is 30.2 Å². The number of methoxy groups -OCH3 is 1. The molecule has 0 aromatic rings. The largest absolute Gasteiger partial charge is 0.616 e. The van der Waals surface area contributed by atoms with E-state index in [0.29, 0.717) is 0 Å². The topological polar surface area (TPSA) is 75.7 Å². The molecule has 5 nitrogen and oxygen atoms in total. The summed E-state index contributed by atoms with van der Waals surface area (Å²) < 4.78 is 22.3. The van der Waals surface area contributed by atoms with Crippen LogP contribution in [0.15, 0.2) is 12.2 Å². The summed E-state index contributed by atoms with van der Waals surface area (Å²) in [6.45, 7) is 0. The molecule has 2 fully saturated rings. The van der Waals surface area contributed by atoms with Gasteiger partial charge in [0, 0.05) is 0 Å². The lowest BCUT2D eigenvalue weighted by molar-refractivity contribution is -0.159. The maximum absolute atomic E-state index is 12.1. The minimum atomic E-state index is -1.19. The Balaban J connectivity index is 2.17. The molecular weight excluding hydrogens is 244 g/mol. The minimum absolute atomic E-state index is 0.143. The molecule has 3 aliphatic heterocycles. The normalized spacial score (nSPS) is 50.4. The molecule has 5 atom stereocenters. The van der Waals surface area contributed by atoms with Gasteiger partial charge < -0.3 is 18.8 Å². The van der Waals surface area contributed by atoms with Crippen molar-refractivity contribution in [2.75, 3.05) is 18.6 Å². The summed E-state index contributed by atoms with van der Waals surface area (Å²) in [5, 5.41) is 0. The molecule has 0 saturated carbocycles. The Hall–Kier alpha value is -0.850. The van der Waals surface area contributed by atoms with Gasteiger partial charge in [-0.15, -0.1) is 0 Å². The van der Waals surface area contributed by atoms with Gasteiger partial charge in [0.2, 0.25) is 0 Å². The highest BCUT2D eigenvalue weighted by Crippen LogP contribution is 2.61. The zero-order valence-electron chi connectivity index (χ0n) is 9.25. The van der Waals surface area contributed by atoms with Gasteiger partial charge in [-0.2, -0.15) is 0 Å². The van der Waals surface area contributed by atoms with Gasteiger partial charge in [-0.1, -0.05) is 23.3 Å². The number of carbonyl (C=O) groups excluding carboxylic acids is 2. The number of carbonyl (C=O) groups is 2. The number of hydrogen-bond acceptors (Lipinski definition) is 5. The molecule has 0 N–H and O–H groups in total. The van der Waals surface area contributed by atoms with Crippen LogP contribution in [0, 0.1) is 10.8 Å². The first-order valence-corrected chi connectivity index (χ1v) is 6.83. The van der Waals surface area contributed by atoms with Crippen molar-refractivity contribution in [1.29, 1.82) is 0 Å². The Morgan fingerprint density at radius 2 is 2.24 bits per heavy atom. The fraction of sp³-hybridized carbons (Fsp3) is 0.636. The number of rotatable bonds is 2. The lowest BCUT2D eigenvalue weighted by Crippen LogP contribution is -2.54. The third-order valence-electron chi connectivity index (χ3n) is 4.13. The van der Waals surface area contributed by atoms with Crippen LogP contribution in [0.4, 0.5) is 0 Å². The van der Waals surface area contributed by atoms with Crippen molar-refractivity contribution in [1.82, 2.24) is 0 Å². The van der Waals surface area contributed by atoms with Crippen molar-refractivity contribution in [3.05, 3.63) is 12.2 Å². The highest BCUT2D eigenvalue weighted by Gasteiger charge is 2.78. The average molecular weight is 256 g/mol. The molecule has 5 unspecified atom stereocenters. The molecule has 0 aromatic carbocycles. The van der Waals surface area contributed by atoms with Gasteiger partial charge >= 0.3 is 5.97 Å². The Labute approximate surface area is 101 Å². The van der Waals surface area contributed by atoms with E-state index in [1.54, 1.807) is 12.2 Å². The van der Waals surface area contributed by atoms with Crippen LogP contribution >= 0.6 is 0 Å². The van der Waals surface area contributed by atoms with Crippen molar-refractivity contribution in [2.24, 2.45) is 10.8 Å². The van der Waals surface area contributed by atoms with E-state index in [1.165, 1.54) is 7.11 Å². The van der Waals surface area contributed by atoms with Crippen LogP contribution in [0.5, 0.6) is 0 Å². The predicted molar refractivity (Wildman–Crippen MR) is 58.6 cm³/mol. The molecule has 0 aromatic heterocycles. The average Bonchev–Trinajstić information content (AvgIpc) is 2.96. The number of esters is 1. The van der Waals surface area contributed by atoms with E-state index in [1.807, 2.05) is 0 Å². The summed E-state index contributed by atoms with van der Waals surface area (Å²) in [7, 11) is 1.28. The second-order valence-electron chi connectivity index (χ2n) is 4.71. The monoisotopic (exact) mass is 256 g/mol. The number of aldehydes is 1. The predicted octanol–water partition coefficient (Wildman–Crippen LogP) is -0.569. The summed E-state index contributed by atoms with van der Waals surface area (Å²) in [5.74, 6) is -0.173. The summed E-state index contributed by atoms with van der Waals surface area (Å²) in [6, 6.07) is 0. The summed E-state index contributed by atoms with van der Waals surface area (Å²) >= 11 is -1.19. The van der Waals surface area contributed by atoms with E-state index >= 15 is 0 Å². The molecule has 6 heteroatoms. The van der Waals surface area contributed by atoms with Crippen molar-refractivity contribution in [3.8, 4) is 0 Å². The van der Waals surface area contributed by atoms with Crippen LogP contribution < -0.4 is 0 Å². The Morgan fingerprint density at radius 3 is 2.88 bits per heavy atom. The highest BCUT2D eigenvalue weighted by molar-refractivity contribution is 7.91. The van der Waals surface area contributed by atoms with Gasteiger partial charge in [-0.05, 0) is 0 Å². The Morgan fingerprint density at radius 1 is 1.53 bits per heavy atom. The maximum atomic E-state index is 12.1. The van der Waals surface area contributed by atoms with E-state index in [9.17, 15) is 14.1 Å². The highest BCUT2D eigenvalue weighted by atomic mass is 32.2. The summed E-state index contributed by atoms with van der Waals surface area (Å²) in [5.41, 5.74) is -2.10. The van der Waals surface area contributed by atoms with Crippen molar-refractivity contribution in [3.63, 3.8) is 0 Å². The van der Waals surface area contributed by atoms with Crippen molar-refractivity contribution in [2.45, 2.75) is 12.2 Å². The molecule has 0 amide bonds. The number of hydrogen-bond donors (Lipinski definition) is 0. The third kappa shape index (κ3) is 1.04. The van der Waals surface area contributed by atoms with Crippen molar-refractivity contribution >= 4 is 23.4 Å². The Kier molecular flexibility index (Phi) is 2.21. The van der Waals surface area contributed by atoms with Gasteiger partial charge in [-0.3, -0.25) is 4.79 Å². The molecular formula is C11H12O5S. The lowest BCUT2D eigenvalue weighted by atomic mass is 9.60. The van der Waals surface area contributed by atoms with E-state index in [0.717, 1.165) is 6.29 Å². The molecule has 0 spiro atoms. The maximum Gasteiger partial charge on any atom is 0.321 e. The fourth-order valence-electron chi connectivity index (χ4n) is 3.29. The van der Waals surface area contributed by atoms with Crippen LogP contribution in [-0.4, -0.2) is 47.6 Å². The molecule has 3 rings (SSSR count). The Bertz CT molecular complexity index is 422. The smallest absolute Gasteiger partial charge is 0.321 e. The van der Waals surface area contributed by atoms with Crippen LogP contribution in [0.3, 0.4) is 0 Å². The first kappa shape index (κ1) is 11.3. The zero-order chi connectivity index (χ0) is 12.3. The van der Waals surface area contributed by atoms with Crippen LogP contribution in [0.25, 0.3) is 0 Å². The first-order chi connectivity index (χ1) is 8.10. The molecule has 0 aliphatic carbocycles. The molecule has 0 radical (unpaired) electrons. The first-order valence-electron chi connectivity index (χ1n) is 5.34. The van der Waals surface area contributed by atoms with Crippen LogP contribution in [0.1, 0.15) is 0 Å². The third-order valence-corrected chi connectivity index (χ3v) is 5.70. The molecule has 3 heterocycles. The SMILES string of the molecule is COC(=O)C12C[S+]([O-])CC1(C=O)C1C=CC2O1. The molecule has 92 valence electrons. The van der Waals surface area contributed by atoms with E-state index < -0.39 is 40.2 Å². The summed E-state index contributed by atoms with van der Waals surface area (Å²) in [6.07, 6.45) is 3.35. The van der Waals surface area contributed by atoms with E-state index in [2.05, 4.69) is 0 Å². The second-order valence-corrected chi connectivity index (χ2v) is 6.17. The minimum Gasteiger partial charge on any atom is -0.616 e. The van der Waals surface area contributed by atoms with Gasteiger partial charge in [0.1, 0.15) is 23.2 Å². The standard InChI is InChI=1S/C11H12O5S/c1-15-9(13)11-6-17(14)5-10(11,4-12)7-2-3-8(11)16-7/h2-4,7-8H,5-6H2,1H3. The quantitative estimate of drug-likeness (QED) is 0.286. The number of ether oxygens (including phenoxy) is 2. The lowest BCUT2D eigenvalue weighted by Gasteiger charge is -2.33. The summed E-state index contributed by atoms with van der Waals surface area (Å²) in [4.78, 5) is 23.6. The van der Waals surface area contributed by atoms with Gasteiger partial charge in [0.25, 0.3) is 0 Å².